The molecule has 0 saturated heterocycles. The van der Waals surface area contributed by atoms with Crippen molar-refractivity contribution in [1.82, 2.24) is 9.78 Å². The Morgan fingerprint density at radius 3 is 2.35 bits per heavy atom. The van der Waals surface area contributed by atoms with Crippen molar-refractivity contribution in [1.29, 1.82) is 0 Å². The number of hydrogen-bond donors (Lipinski definition) is 1. The fourth-order valence-electron chi connectivity index (χ4n) is 2.11. The van der Waals surface area contributed by atoms with Gasteiger partial charge in [0.1, 0.15) is 0 Å². The molecule has 0 aliphatic rings. The second-order valence-corrected chi connectivity index (χ2v) is 4.87. The summed E-state index contributed by atoms with van der Waals surface area (Å²) >= 11 is 5.89. The molecule has 3 nitrogen and oxygen atoms in total. The summed E-state index contributed by atoms with van der Waals surface area (Å²) in [5.74, 6) is 0. The summed E-state index contributed by atoms with van der Waals surface area (Å²) in [6.07, 6.45) is 1.92. The van der Waals surface area contributed by atoms with Crippen LogP contribution in [0.5, 0.6) is 0 Å². The largest absolute Gasteiger partial charge is 0.390 e. The van der Waals surface area contributed by atoms with Crippen LogP contribution >= 0.6 is 11.6 Å². The smallest absolute Gasteiger partial charge is 0.0961 e. The van der Waals surface area contributed by atoms with Gasteiger partial charge in [0, 0.05) is 16.8 Å². The maximum absolute atomic E-state index is 9.49. The van der Waals surface area contributed by atoms with Crippen molar-refractivity contribution in [2.75, 3.05) is 0 Å². The Morgan fingerprint density at radius 2 is 1.70 bits per heavy atom. The molecule has 0 unspecified atom stereocenters. The number of halogens is 1. The average Bonchev–Trinajstić information content (AvgIpc) is 2.93. The van der Waals surface area contributed by atoms with Gasteiger partial charge >= 0.3 is 0 Å². The van der Waals surface area contributed by atoms with Gasteiger partial charge in [-0.05, 0) is 29.8 Å². The third-order valence-corrected chi connectivity index (χ3v) is 3.37. The van der Waals surface area contributed by atoms with Gasteiger partial charge in [0.15, 0.2) is 0 Å². The van der Waals surface area contributed by atoms with Crippen LogP contribution in [0.25, 0.3) is 16.8 Å². The molecule has 0 aliphatic heterocycles. The molecule has 4 heteroatoms. The molecule has 20 heavy (non-hydrogen) atoms. The van der Waals surface area contributed by atoms with E-state index in [-0.39, 0.29) is 6.61 Å². The Bertz CT molecular complexity index is 705. The second kappa shape index (κ2) is 5.49. The zero-order chi connectivity index (χ0) is 13.9. The average molecular weight is 285 g/mol. The first-order valence-electron chi connectivity index (χ1n) is 6.28. The minimum atomic E-state index is -0.0924. The molecule has 0 saturated carbocycles. The van der Waals surface area contributed by atoms with Crippen LogP contribution in [0.3, 0.4) is 0 Å². The molecular weight excluding hydrogens is 272 g/mol. The van der Waals surface area contributed by atoms with Crippen LogP contribution in [-0.4, -0.2) is 14.9 Å². The van der Waals surface area contributed by atoms with E-state index in [1.165, 1.54) is 0 Å². The maximum atomic E-state index is 9.49. The molecule has 0 amide bonds. The molecule has 3 aromatic rings. The number of aromatic nitrogens is 2. The van der Waals surface area contributed by atoms with Crippen molar-refractivity contribution in [3.05, 3.63) is 71.5 Å². The van der Waals surface area contributed by atoms with Crippen LogP contribution in [0.2, 0.25) is 5.02 Å². The van der Waals surface area contributed by atoms with E-state index in [0.717, 1.165) is 16.8 Å². The van der Waals surface area contributed by atoms with E-state index in [9.17, 15) is 5.11 Å². The second-order valence-electron chi connectivity index (χ2n) is 4.43. The quantitative estimate of drug-likeness (QED) is 0.797. The normalized spacial score (nSPS) is 10.7. The van der Waals surface area contributed by atoms with E-state index in [4.69, 9.17) is 11.6 Å². The molecule has 0 aliphatic carbocycles. The summed E-state index contributed by atoms with van der Waals surface area (Å²) in [7, 11) is 0. The number of nitrogens with zero attached hydrogens (tertiary/aromatic N) is 2. The van der Waals surface area contributed by atoms with Gasteiger partial charge in [-0.25, -0.2) is 4.68 Å². The molecule has 0 spiro atoms. The first-order chi connectivity index (χ1) is 9.78. The predicted molar refractivity (Wildman–Crippen MR) is 79.9 cm³/mol. The fourth-order valence-corrected chi connectivity index (χ4v) is 2.24. The molecule has 2 aromatic carbocycles. The molecule has 0 atom stereocenters. The minimum Gasteiger partial charge on any atom is -0.390 e. The van der Waals surface area contributed by atoms with Gasteiger partial charge < -0.3 is 5.11 Å². The lowest BCUT2D eigenvalue weighted by atomic mass is 10.1. The van der Waals surface area contributed by atoms with Crippen molar-refractivity contribution in [3.8, 4) is 16.8 Å². The number of benzene rings is 2. The summed E-state index contributed by atoms with van der Waals surface area (Å²) < 4.78 is 1.75. The van der Waals surface area contributed by atoms with Crippen LogP contribution in [0.1, 0.15) is 5.69 Å². The number of aliphatic hydroxyl groups is 1. The van der Waals surface area contributed by atoms with Crippen molar-refractivity contribution in [3.63, 3.8) is 0 Å². The highest BCUT2D eigenvalue weighted by Gasteiger charge is 2.10. The Kier molecular flexibility index (Phi) is 3.54. The van der Waals surface area contributed by atoms with E-state index in [1.807, 2.05) is 60.8 Å². The van der Waals surface area contributed by atoms with Gasteiger partial charge in [-0.3, -0.25) is 0 Å². The van der Waals surface area contributed by atoms with Crippen LogP contribution in [0.4, 0.5) is 0 Å². The summed E-state index contributed by atoms with van der Waals surface area (Å²) in [6.45, 7) is -0.0924. The molecule has 100 valence electrons. The van der Waals surface area contributed by atoms with Crippen LogP contribution in [0.15, 0.2) is 60.8 Å². The zero-order valence-corrected chi connectivity index (χ0v) is 11.5. The van der Waals surface area contributed by atoms with E-state index < -0.39 is 0 Å². The highest BCUT2D eigenvalue weighted by molar-refractivity contribution is 6.30. The first kappa shape index (κ1) is 12.9. The zero-order valence-electron chi connectivity index (χ0n) is 10.7. The number of rotatable bonds is 3. The molecule has 0 radical (unpaired) electrons. The minimum absolute atomic E-state index is 0.0924. The lowest BCUT2D eigenvalue weighted by Crippen LogP contribution is -1.95. The van der Waals surface area contributed by atoms with Gasteiger partial charge in [-0.15, -0.1) is 0 Å². The lowest BCUT2D eigenvalue weighted by Gasteiger charge is -2.00. The summed E-state index contributed by atoms with van der Waals surface area (Å²) in [4.78, 5) is 0. The molecular formula is C16H13ClN2O. The number of hydrogen-bond acceptors (Lipinski definition) is 2. The monoisotopic (exact) mass is 284 g/mol. The summed E-state index contributed by atoms with van der Waals surface area (Å²) in [5, 5.41) is 14.6. The Balaban J connectivity index is 2.07. The van der Waals surface area contributed by atoms with Crippen molar-refractivity contribution in [2.45, 2.75) is 6.61 Å². The van der Waals surface area contributed by atoms with Crippen LogP contribution in [0, 0.1) is 0 Å². The van der Waals surface area contributed by atoms with Gasteiger partial charge in [-0.1, -0.05) is 41.9 Å². The Hall–Kier alpha value is -2.10. The van der Waals surface area contributed by atoms with Gasteiger partial charge in [0.05, 0.1) is 18.0 Å². The molecule has 0 bridgehead atoms. The number of aliphatic hydroxyl groups excluding tert-OH is 1. The standard InChI is InChI=1S/C16H13ClN2O/c17-13-6-8-14(9-7-13)19-10-15(16(11-20)18-19)12-4-2-1-3-5-12/h1-10,20H,11H2. The van der Waals surface area contributed by atoms with E-state index in [2.05, 4.69) is 5.10 Å². The Labute approximate surface area is 122 Å². The van der Waals surface area contributed by atoms with Crippen LogP contribution in [-0.2, 0) is 6.61 Å². The molecule has 1 N–H and O–H groups in total. The van der Waals surface area contributed by atoms with Crippen molar-refractivity contribution in [2.24, 2.45) is 0 Å². The first-order valence-corrected chi connectivity index (χ1v) is 6.66. The van der Waals surface area contributed by atoms with Gasteiger partial charge in [-0.2, -0.15) is 5.10 Å². The summed E-state index contributed by atoms with van der Waals surface area (Å²) in [6, 6.07) is 17.3. The predicted octanol–water partition coefficient (Wildman–Crippen LogP) is 3.69. The molecule has 1 heterocycles. The highest BCUT2D eigenvalue weighted by Crippen LogP contribution is 2.24. The molecule has 0 fully saturated rings. The highest BCUT2D eigenvalue weighted by atomic mass is 35.5. The molecule has 1 aromatic heterocycles. The lowest BCUT2D eigenvalue weighted by molar-refractivity contribution is 0.276. The van der Waals surface area contributed by atoms with Gasteiger partial charge in [0.2, 0.25) is 0 Å². The van der Waals surface area contributed by atoms with Crippen molar-refractivity contribution >= 4 is 11.6 Å². The summed E-state index contributed by atoms with van der Waals surface area (Å²) in [5.41, 5.74) is 3.54. The van der Waals surface area contributed by atoms with Crippen molar-refractivity contribution < 1.29 is 5.11 Å². The molecule has 3 rings (SSSR count). The van der Waals surface area contributed by atoms with E-state index in [1.54, 1.807) is 4.68 Å². The maximum Gasteiger partial charge on any atom is 0.0961 e. The third kappa shape index (κ3) is 2.46. The van der Waals surface area contributed by atoms with E-state index in [0.29, 0.717) is 10.7 Å². The SMILES string of the molecule is OCc1nn(-c2ccc(Cl)cc2)cc1-c1ccccc1. The Morgan fingerprint density at radius 1 is 1.00 bits per heavy atom. The topological polar surface area (TPSA) is 38.1 Å². The fraction of sp³-hybridized carbons (Fsp3) is 0.0625. The van der Waals surface area contributed by atoms with E-state index >= 15 is 0 Å². The van der Waals surface area contributed by atoms with Crippen LogP contribution < -0.4 is 0 Å². The third-order valence-electron chi connectivity index (χ3n) is 3.12. The van der Waals surface area contributed by atoms with Gasteiger partial charge in [0.25, 0.3) is 0 Å².